The van der Waals surface area contributed by atoms with Crippen LogP contribution in [0.3, 0.4) is 0 Å². The summed E-state index contributed by atoms with van der Waals surface area (Å²) in [5, 5.41) is 7.55. The largest absolute Gasteiger partial charge is 0.456 e. The number of rotatable bonds is 2. The lowest BCUT2D eigenvalue weighted by molar-refractivity contribution is 0.590. The van der Waals surface area contributed by atoms with Crippen molar-refractivity contribution in [3.63, 3.8) is 0 Å². The average molecular weight is 803 g/mol. The number of benzene rings is 8. The van der Waals surface area contributed by atoms with Crippen LogP contribution in [0.1, 0.15) is 26.3 Å². The monoisotopic (exact) mass is 802 g/mol. The highest BCUT2D eigenvalue weighted by Gasteiger charge is 2.45. The van der Waals surface area contributed by atoms with Crippen molar-refractivity contribution >= 4 is 131 Å². The van der Waals surface area contributed by atoms with Crippen molar-refractivity contribution in [1.29, 1.82) is 0 Å². The first kappa shape index (κ1) is 33.3. The van der Waals surface area contributed by atoms with Gasteiger partial charge in [0.25, 0.3) is 0 Å². The number of hydrogen-bond acceptors (Lipinski definition) is 4. The minimum atomic E-state index is -0.0932. The number of hydrogen-bond donors (Lipinski definition) is 0. The zero-order valence-corrected chi connectivity index (χ0v) is 34.8. The van der Waals surface area contributed by atoms with Crippen molar-refractivity contribution in [2.75, 3.05) is 4.90 Å². The zero-order valence-electron chi connectivity index (χ0n) is 33.2. The van der Waals surface area contributed by atoms with E-state index in [1.54, 1.807) is 0 Å². The van der Waals surface area contributed by atoms with E-state index in [4.69, 9.17) is 4.42 Å². The van der Waals surface area contributed by atoms with Gasteiger partial charge in [-0.2, -0.15) is 0 Å². The second-order valence-electron chi connectivity index (χ2n) is 17.6. The highest BCUT2D eigenvalue weighted by molar-refractivity contribution is 7.27. The third-order valence-corrected chi connectivity index (χ3v) is 15.6. The highest BCUT2D eigenvalue weighted by Crippen LogP contribution is 2.54. The standard InChI is InChI=1S/C54H35BN2OS2/c1-54(2,3)31-24-25-41(37(26-31)30-14-5-4-6-15-30)56-42-29-47-38(32-16-8-11-22-45(32)59-47)27-40(42)55-49-39(28-44-48(52(49)56)34-17-7-10-21-43(34)58-44)33-19-13-20-36-50(33)57(55)51-35-18-9-12-23-46(35)60-53(36)51/h4-29H,1-3H3. The lowest BCUT2D eigenvalue weighted by Gasteiger charge is -2.41. The first-order valence-electron chi connectivity index (χ1n) is 20.8. The van der Waals surface area contributed by atoms with Crippen molar-refractivity contribution in [2.24, 2.45) is 0 Å². The second kappa shape index (κ2) is 11.6. The van der Waals surface area contributed by atoms with Gasteiger partial charge in [0.1, 0.15) is 11.2 Å². The molecular weight excluding hydrogens is 768 g/mol. The molecule has 60 heavy (non-hydrogen) atoms. The predicted octanol–water partition coefficient (Wildman–Crippen LogP) is 14.7. The SMILES string of the molecule is CC(C)(C)c1ccc(N2c3cc4sc5ccccc5c4cc3B3c4c(cc5oc6ccccc6c5c42)-c2cccc4c5sc6ccccc6c5n3c24)c(-c2ccccc2)c1. The fourth-order valence-corrected chi connectivity index (χ4v) is 13.0. The zero-order chi connectivity index (χ0) is 39.6. The molecule has 3 nitrogen and oxygen atoms in total. The Morgan fingerprint density at radius 1 is 0.517 bits per heavy atom. The fourth-order valence-electron chi connectivity index (χ4n) is 10.7. The molecule has 2 aliphatic rings. The Labute approximate surface area is 354 Å². The molecule has 0 spiro atoms. The van der Waals surface area contributed by atoms with Crippen LogP contribution >= 0.6 is 22.7 Å². The molecule has 282 valence electrons. The molecule has 0 saturated carbocycles. The molecule has 0 unspecified atom stereocenters. The molecule has 0 radical (unpaired) electrons. The van der Waals surface area contributed by atoms with Crippen LogP contribution in [0.2, 0.25) is 0 Å². The molecule has 6 heteroatoms. The number of fused-ring (bicyclic) bond motifs is 16. The van der Waals surface area contributed by atoms with Gasteiger partial charge in [-0.15, -0.1) is 22.7 Å². The smallest absolute Gasteiger partial charge is 0.333 e. The predicted molar refractivity (Wildman–Crippen MR) is 260 cm³/mol. The third-order valence-electron chi connectivity index (χ3n) is 13.3. The van der Waals surface area contributed by atoms with E-state index in [1.807, 2.05) is 22.7 Å². The van der Waals surface area contributed by atoms with Gasteiger partial charge in [-0.05, 0) is 75.5 Å². The molecule has 4 aromatic heterocycles. The third kappa shape index (κ3) is 4.24. The molecule has 0 saturated heterocycles. The van der Waals surface area contributed by atoms with Gasteiger partial charge in [-0.3, -0.25) is 0 Å². The maximum atomic E-state index is 6.94. The van der Waals surface area contributed by atoms with Gasteiger partial charge in [-0.25, -0.2) is 0 Å². The summed E-state index contributed by atoms with van der Waals surface area (Å²) in [6.07, 6.45) is 0. The van der Waals surface area contributed by atoms with Crippen LogP contribution in [-0.4, -0.2) is 11.3 Å². The van der Waals surface area contributed by atoms with Gasteiger partial charge in [0.2, 0.25) is 0 Å². The Morgan fingerprint density at radius 3 is 2.08 bits per heavy atom. The Hall–Kier alpha value is -6.60. The summed E-state index contributed by atoms with van der Waals surface area (Å²) in [6, 6.07) is 59.1. The minimum Gasteiger partial charge on any atom is -0.456 e. The molecule has 0 N–H and O–H groups in total. The number of nitrogens with zero attached hydrogens (tertiary/aromatic N) is 2. The van der Waals surface area contributed by atoms with Gasteiger partial charge in [0.05, 0.1) is 27.0 Å². The lowest BCUT2D eigenvalue weighted by atomic mass is 9.44. The van der Waals surface area contributed by atoms with Crippen LogP contribution < -0.4 is 15.8 Å². The minimum absolute atomic E-state index is 0.0334. The van der Waals surface area contributed by atoms with Crippen molar-refractivity contribution in [3.8, 4) is 22.3 Å². The number of furan rings is 1. The average Bonchev–Trinajstić information content (AvgIpc) is 4.03. The summed E-state index contributed by atoms with van der Waals surface area (Å²) < 4.78 is 14.9. The van der Waals surface area contributed by atoms with Crippen LogP contribution in [0.4, 0.5) is 17.1 Å². The Morgan fingerprint density at radius 2 is 1.25 bits per heavy atom. The second-order valence-corrected chi connectivity index (χ2v) is 19.7. The van der Waals surface area contributed by atoms with E-state index in [0.29, 0.717) is 0 Å². The first-order chi connectivity index (χ1) is 29.4. The van der Waals surface area contributed by atoms with Crippen LogP contribution in [0, 0.1) is 0 Å². The van der Waals surface area contributed by atoms with Crippen molar-refractivity contribution in [3.05, 3.63) is 163 Å². The molecule has 14 rings (SSSR count). The lowest BCUT2D eigenvalue weighted by Crippen LogP contribution is -2.56. The van der Waals surface area contributed by atoms with Gasteiger partial charge >= 0.3 is 6.85 Å². The molecule has 0 atom stereocenters. The van der Waals surface area contributed by atoms with Gasteiger partial charge in [-0.1, -0.05) is 136 Å². The van der Waals surface area contributed by atoms with Crippen LogP contribution in [-0.2, 0) is 5.41 Å². The topological polar surface area (TPSA) is 21.3 Å². The number of aromatic nitrogens is 1. The Balaban J connectivity index is 1.23. The maximum Gasteiger partial charge on any atom is 0.333 e. The number of para-hydroxylation sites is 2. The van der Waals surface area contributed by atoms with E-state index < -0.39 is 0 Å². The molecule has 0 bridgehead atoms. The van der Waals surface area contributed by atoms with Gasteiger partial charge in [0.15, 0.2) is 0 Å². The van der Waals surface area contributed by atoms with E-state index in [1.165, 1.54) is 101 Å². The highest BCUT2D eigenvalue weighted by atomic mass is 32.1. The van der Waals surface area contributed by atoms with Crippen molar-refractivity contribution < 1.29 is 4.42 Å². The quantitative estimate of drug-likeness (QED) is 0.162. The van der Waals surface area contributed by atoms with Gasteiger partial charge in [0, 0.05) is 63.4 Å². The summed E-state index contributed by atoms with van der Waals surface area (Å²) >= 11 is 3.82. The molecular formula is C54H35BN2OS2. The molecule has 12 aromatic rings. The normalized spacial score (nSPS) is 13.5. The van der Waals surface area contributed by atoms with Gasteiger partial charge < -0.3 is 13.8 Å². The summed E-state index contributed by atoms with van der Waals surface area (Å²) in [6.45, 7) is 6.85. The van der Waals surface area contributed by atoms with E-state index in [9.17, 15) is 0 Å². The first-order valence-corrected chi connectivity index (χ1v) is 22.4. The molecule has 0 fully saturated rings. The summed E-state index contributed by atoms with van der Waals surface area (Å²) in [4.78, 5) is 2.63. The van der Waals surface area contributed by atoms with E-state index >= 15 is 0 Å². The maximum absolute atomic E-state index is 6.94. The molecule has 2 aliphatic heterocycles. The Kier molecular flexibility index (Phi) is 6.41. The Bertz CT molecular complexity index is 3840. The molecule has 8 aromatic carbocycles. The number of thiophene rings is 2. The summed E-state index contributed by atoms with van der Waals surface area (Å²) in [5.74, 6) is 0. The van der Waals surface area contributed by atoms with Crippen molar-refractivity contribution in [2.45, 2.75) is 26.2 Å². The van der Waals surface area contributed by atoms with E-state index in [2.05, 4.69) is 188 Å². The van der Waals surface area contributed by atoms with E-state index in [0.717, 1.165) is 27.6 Å². The fraction of sp³-hybridized carbons (Fsp3) is 0.0741. The van der Waals surface area contributed by atoms with Crippen molar-refractivity contribution in [1.82, 2.24) is 4.48 Å². The summed E-state index contributed by atoms with van der Waals surface area (Å²) in [5.41, 5.74) is 16.9. The van der Waals surface area contributed by atoms with Crippen LogP contribution in [0.15, 0.2) is 162 Å². The molecule has 0 aliphatic carbocycles. The molecule has 6 heterocycles. The molecule has 0 amide bonds. The summed E-state index contributed by atoms with van der Waals surface area (Å²) in [7, 11) is 0. The van der Waals surface area contributed by atoms with E-state index in [-0.39, 0.29) is 12.3 Å². The van der Waals surface area contributed by atoms with Crippen LogP contribution in [0.5, 0.6) is 0 Å². The van der Waals surface area contributed by atoms with Crippen LogP contribution in [0.25, 0.3) is 95.6 Å². The number of anilines is 3.